The SMILES string of the molecule is C#Cc1ccc2occ(C(C(=O)OC)c3ccccc3)c(=O)c2c1. The summed E-state index contributed by atoms with van der Waals surface area (Å²) < 4.78 is 10.4. The predicted octanol–water partition coefficient (Wildman–Crippen LogP) is 3.08. The van der Waals surface area contributed by atoms with Gasteiger partial charge in [0.2, 0.25) is 0 Å². The Morgan fingerprint density at radius 1 is 1.21 bits per heavy atom. The van der Waals surface area contributed by atoms with Crippen LogP contribution in [0.5, 0.6) is 0 Å². The van der Waals surface area contributed by atoms with E-state index in [0.717, 1.165) is 0 Å². The fourth-order valence-electron chi connectivity index (χ4n) is 2.64. The number of benzene rings is 2. The highest BCUT2D eigenvalue weighted by Gasteiger charge is 2.27. The van der Waals surface area contributed by atoms with Crippen molar-refractivity contribution < 1.29 is 13.9 Å². The number of carbonyl (C=O) groups is 1. The van der Waals surface area contributed by atoms with E-state index in [4.69, 9.17) is 15.6 Å². The Bertz CT molecular complexity index is 994. The van der Waals surface area contributed by atoms with Gasteiger partial charge in [-0.1, -0.05) is 36.3 Å². The van der Waals surface area contributed by atoms with Crippen molar-refractivity contribution >= 4 is 16.9 Å². The van der Waals surface area contributed by atoms with Gasteiger partial charge in [-0.15, -0.1) is 6.42 Å². The van der Waals surface area contributed by atoms with Gasteiger partial charge in [0, 0.05) is 5.56 Å². The lowest BCUT2D eigenvalue weighted by Gasteiger charge is -2.14. The molecule has 118 valence electrons. The Labute approximate surface area is 138 Å². The zero-order chi connectivity index (χ0) is 17.1. The monoisotopic (exact) mass is 318 g/mol. The van der Waals surface area contributed by atoms with Crippen LogP contribution in [0.4, 0.5) is 0 Å². The Hall–Kier alpha value is -3.32. The Morgan fingerprint density at radius 3 is 2.62 bits per heavy atom. The first-order valence-corrected chi connectivity index (χ1v) is 7.30. The summed E-state index contributed by atoms with van der Waals surface area (Å²) in [6.45, 7) is 0. The van der Waals surface area contributed by atoms with Crippen molar-refractivity contribution in [3.8, 4) is 12.3 Å². The second-order valence-corrected chi connectivity index (χ2v) is 5.24. The van der Waals surface area contributed by atoms with Crippen molar-refractivity contribution in [2.75, 3.05) is 7.11 Å². The smallest absolute Gasteiger partial charge is 0.317 e. The van der Waals surface area contributed by atoms with E-state index in [1.54, 1.807) is 42.5 Å². The zero-order valence-electron chi connectivity index (χ0n) is 13.0. The van der Waals surface area contributed by atoms with E-state index in [0.29, 0.717) is 22.1 Å². The lowest BCUT2D eigenvalue weighted by atomic mass is 9.91. The van der Waals surface area contributed by atoms with E-state index in [2.05, 4.69) is 5.92 Å². The maximum absolute atomic E-state index is 12.9. The van der Waals surface area contributed by atoms with Crippen LogP contribution in [0.2, 0.25) is 0 Å². The topological polar surface area (TPSA) is 56.5 Å². The maximum Gasteiger partial charge on any atom is 0.317 e. The van der Waals surface area contributed by atoms with Crippen LogP contribution in [-0.2, 0) is 9.53 Å². The summed E-state index contributed by atoms with van der Waals surface area (Å²) in [7, 11) is 1.29. The molecule has 0 saturated heterocycles. The first kappa shape index (κ1) is 15.6. The van der Waals surface area contributed by atoms with E-state index in [-0.39, 0.29) is 11.0 Å². The summed E-state index contributed by atoms with van der Waals surface area (Å²) in [6, 6.07) is 13.9. The molecule has 0 aliphatic carbocycles. The average molecular weight is 318 g/mol. The molecule has 0 radical (unpaired) electrons. The molecule has 0 amide bonds. The lowest BCUT2D eigenvalue weighted by molar-refractivity contribution is -0.141. The highest BCUT2D eigenvalue weighted by molar-refractivity contribution is 5.85. The molecule has 4 heteroatoms. The van der Waals surface area contributed by atoms with Crippen molar-refractivity contribution in [2.45, 2.75) is 5.92 Å². The second kappa shape index (κ2) is 6.43. The minimum atomic E-state index is -0.855. The Kier molecular flexibility index (Phi) is 4.17. The van der Waals surface area contributed by atoms with Gasteiger partial charge >= 0.3 is 5.97 Å². The van der Waals surface area contributed by atoms with Gasteiger partial charge in [0.05, 0.1) is 24.3 Å². The molecular formula is C20H14O4. The van der Waals surface area contributed by atoms with Crippen LogP contribution in [0, 0.1) is 12.3 Å². The molecule has 24 heavy (non-hydrogen) atoms. The molecule has 1 aromatic heterocycles. The third-order valence-corrected chi connectivity index (χ3v) is 3.85. The molecule has 3 rings (SSSR count). The number of esters is 1. The third kappa shape index (κ3) is 2.68. The van der Waals surface area contributed by atoms with Gasteiger partial charge < -0.3 is 9.15 Å². The van der Waals surface area contributed by atoms with Gasteiger partial charge in [-0.05, 0) is 23.8 Å². The molecule has 0 saturated carbocycles. The second-order valence-electron chi connectivity index (χ2n) is 5.24. The number of fused-ring (bicyclic) bond motifs is 1. The molecular weight excluding hydrogens is 304 g/mol. The van der Waals surface area contributed by atoms with Gasteiger partial charge in [-0.25, -0.2) is 0 Å². The lowest BCUT2D eigenvalue weighted by Crippen LogP contribution is -2.22. The number of hydrogen-bond donors (Lipinski definition) is 0. The molecule has 0 aliphatic heterocycles. The Morgan fingerprint density at radius 2 is 1.96 bits per heavy atom. The van der Waals surface area contributed by atoms with Crippen molar-refractivity contribution in [2.24, 2.45) is 0 Å². The molecule has 0 fully saturated rings. The third-order valence-electron chi connectivity index (χ3n) is 3.85. The molecule has 1 unspecified atom stereocenters. The summed E-state index contributed by atoms with van der Waals surface area (Å²) in [6.07, 6.45) is 6.71. The number of rotatable bonds is 3. The molecule has 3 aromatic rings. The molecule has 0 N–H and O–H groups in total. The van der Waals surface area contributed by atoms with Gasteiger partial charge in [0.15, 0.2) is 5.43 Å². The Balaban J connectivity index is 2.25. The minimum absolute atomic E-state index is 0.217. The van der Waals surface area contributed by atoms with Gasteiger partial charge in [0.1, 0.15) is 11.5 Å². The van der Waals surface area contributed by atoms with E-state index >= 15 is 0 Å². The van der Waals surface area contributed by atoms with Gasteiger partial charge in [-0.2, -0.15) is 0 Å². The largest absolute Gasteiger partial charge is 0.468 e. The van der Waals surface area contributed by atoms with Crippen LogP contribution < -0.4 is 5.43 Å². The van der Waals surface area contributed by atoms with Crippen LogP contribution in [-0.4, -0.2) is 13.1 Å². The molecule has 0 spiro atoms. The van der Waals surface area contributed by atoms with Crippen LogP contribution in [0.25, 0.3) is 11.0 Å². The summed E-state index contributed by atoms with van der Waals surface area (Å²) in [5, 5.41) is 0.341. The average Bonchev–Trinajstić information content (AvgIpc) is 2.64. The molecule has 1 atom stereocenters. The summed E-state index contributed by atoms with van der Waals surface area (Å²) >= 11 is 0. The highest BCUT2D eigenvalue weighted by Crippen LogP contribution is 2.25. The number of carbonyl (C=O) groups excluding carboxylic acids is 1. The molecule has 0 bridgehead atoms. The quantitative estimate of drug-likeness (QED) is 0.550. The molecule has 0 aliphatic rings. The fraction of sp³-hybridized carbons (Fsp3) is 0.100. The number of terminal acetylenes is 1. The van der Waals surface area contributed by atoms with E-state index in [1.807, 2.05) is 6.07 Å². The van der Waals surface area contributed by atoms with Gasteiger partial charge in [0.25, 0.3) is 0 Å². The molecule has 1 heterocycles. The number of methoxy groups -OCH3 is 1. The van der Waals surface area contributed by atoms with Crippen molar-refractivity contribution in [3.05, 3.63) is 81.7 Å². The standard InChI is InChI=1S/C20H14O4/c1-3-13-9-10-17-15(11-13)19(21)16(12-24-17)18(20(22)23-2)14-7-5-4-6-8-14/h1,4-12,18H,2H3. The van der Waals surface area contributed by atoms with Crippen LogP contribution in [0.1, 0.15) is 22.6 Å². The van der Waals surface area contributed by atoms with E-state index < -0.39 is 11.9 Å². The van der Waals surface area contributed by atoms with E-state index in [1.165, 1.54) is 13.4 Å². The first-order valence-electron chi connectivity index (χ1n) is 7.30. The normalized spacial score (nSPS) is 11.7. The zero-order valence-corrected chi connectivity index (χ0v) is 13.0. The molecule has 2 aromatic carbocycles. The number of hydrogen-bond acceptors (Lipinski definition) is 4. The van der Waals surface area contributed by atoms with Crippen molar-refractivity contribution in [1.82, 2.24) is 0 Å². The fourth-order valence-corrected chi connectivity index (χ4v) is 2.64. The summed E-state index contributed by atoms with van der Waals surface area (Å²) in [5.41, 5.74) is 1.56. The summed E-state index contributed by atoms with van der Waals surface area (Å²) in [4.78, 5) is 25.2. The first-order chi connectivity index (χ1) is 11.7. The molecule has 4 nitrogen and oxygen atoms in total. The predicted molar refractivity (Wildman–Crippen MR) is 90.7 cm³/mol. The highest BCUT2D eigenvalue weighted by atomic mass is 16.5. The van der Waals surface area contributed by atoms with E-state index in [9.17, 15) is 9.59 Å². The van der Waals surface area contributed by atoms with Crippen molar-refractivity contribution in [1.29, 1.82) is 0 Å². The van der Waals surface area contributed by atoms with Crippen LogP contribution in [0.3, 0.4) is 0 Å². The minimum Gasteiger partial charge on any atom is -0.468 e. The van der Waals surface area contributed by atoms with Crippen molar-refractivity contribution in [3.63, 3.8) is 0 Å². The van der Waals surface area contributed by atoms with Crippen LogP contribution in [0.15, 0.2) is 64.0 Å². The van der Waals surface area contributed by atoms with Gasteiger partial charge in [-0.3, -0.25) is 9.59 Å². The summed E-state index contributed by atoms with van der Waals surface area (Å²) in [5.74, 6) is 1.11. The van der Waals surface area contributed by atoms with Crippen LogP contribution >= 0.6 is 0 Å². The maximum atomic E-state index is 12.9. The number of ether oxygens (including phenoxy) is 1.